The average molecular weight is 381 g/mol. The maximum atomic E-state index is 12.5. The Kier molecular flexibility index (Phi) is 6.15. The summed E-state index contributed by atoms with van der Waals surface area (Å²) in [6, 6.07) is 6.41. The molecule has 25 heavy (non-hydrogen) atoms. The van der Waals surface area contributed by atoms with Crippen molar-refractivity contribution >= 4 is 34.6 Å². The Labute approximate surface area is 153 Å². The summed E-state index contributed by atoms with van der Waals surface area (Å²) in [5.74, 6) is -0.455. The lowest BCUT2D eigenvalue weighted by Crippen LogP contribution is -2.22. The Balaban J connectivity index is 2.58. The zero-order chi connectivity index (χ0) is 18.6. The fourth-order valence-corrected chi connectivity index (χ4v) is 2.71. The van der Waals surface area contributed by atoms with Crippen molar-refractivity contribution in [2.75, 3.05) is 6.61 Å². The van der Waals surface area contributed by atoms with Crippen molar-refractivity contribution in [2.45, 2.75) is 19.9 Å². The minimum absolute atomic E-state index is 0.0433. The van der Waals surface area contributed by atoms with E-state index in [1.54, 1.807) is 0 Å². The van der Waals surface area contributed by atoms with E-state index >= 15 is 0 Å². The van der Waals surface area contributed by atoms with Gasteiger partial charge >= 0.3 is 0 Å². The van der Waals surface area contributed by atoms with Gasteiger partial charge < -0.3 is 10.2 Å². The highest BCUT2D eigenvalue weighted by Gasteiger charge is 2.18. The predicted molar refractivity (Wildman–Crippen MR) is 94.2 cm³/mol. The van der Waals surface area contributed by atoms with Crippen molar-refractivity contribution in [3.63, 3.8) is 0 Å². The number of azo groups is 1. The number of aromatic hydroxyl groups is 1. The van der Waals surface area contributed by atoms with Crippen LogP contribution in [0.4, 0.5) is 11.4 Å². The van der Waals surface area contributed by atoms with Gasteiger partial charge in [-0.1, -0.05) is 23.2 Å². The molecule has 0 bridgehead atoms. The van der Waals surface area contributed by atoms with E-state index in [0.29, 0.717) is 15.7 Å². The molecule has 9 heteroatoms. The number of nitrogens with zero attached hydrogens (tertiary/aromatic N) is 4. The van der Waals surface area contributed by atoms with Gasteiger partial charge in [0.1, 0.15) is 11.6 Å². The maximum absolute atomic E-state index is 12.5. The Bertz CT molecular complexity index is 912. The molecule has 1 aromatic heterocycles. The molecule has 0 spiro atoms. The molecule has 0 saturated carbocycles. The van der Waals surface area contributed by atoms with E-state index in [1.165, 1.54) is 25.1 Å². The average Bonchev–Trinajstić information content (AvgIpc) is 2.54. The molecule has 0 aliphatic rings. The molecule has 0 radical (unpaired) electrons. The first-order valence-corrected chi connectivity index (χ1v) is 7.99. The summed E-state index contributed by atoms with van der Waals surface area (Å²) in [6.07, 6.45) is 0.238. The van der Waals surface area contributed by atoms with Crippen LogP contribution in [0.1, 0.15) is 17.5 Å². The second kappa shape index (κ2) is 8.12. The van der Waals surface area contributed by atoms with Gasteiger partial charge in [0.05, 0.1) is 5.69 Å². The topological polar surface area (TPSA) is 111 Å². The molecular formula is C16H14Cl2N4O3. The Morgan fingerprint density at radius 3 is 2.44 bits per heavy atom. The standard InChI is InChI=1S/C16H14Cl2N4O3/c1-9-13(8-19)15(24)22(3-2-4-23)16(25)14(9)21-20-12-6-10(17)5-11(18)7-12/h5-7,23-24H,2-4H2,1H3. The largest absolute Gasteiger partial charge is 0.493 e. The van der Waals surface area contributed by atoms with Crippen LogP contribution in [0, 0.1) is 18.3 Å². The molecule has 0 fully saturated rings. The number of pyridine rings is 1. The molecule has 2 N–H and O–H groups in total. The summed E-state index contributed by atoms with van der Waals surface area (Å²) in [6.45, 7) is 1.37. The quantitative estimate of drug-likeness (QED) is 0.767. The number of aliphatic hydroxyl groups excluding tert-OH is 1. The number of rotatable bonds is 5. The third kappa shape index (κ3) is 4.17. The molecule has 2 rings (SSSR count). The molecule has 0 atom stereocenters. The first-order valence-electron chi connectivity index (χ1n) is 7.24. The molecule has 0 amide bonds. The predicted octanol–water partition coefficient (Wildman–Crippen LogP) is 3.84. The van der Waals surface area contributed by atoms with Gasteiger partial charge in [-0.3, -0.25) is 9.36 Å². The van der Waals surface area contributed by atoms with Gasteiger partial charge in [0, 0.05) is 28.8 Å². The van der Waals surface area contributed by atoms with E-state index in [0.717, 1.165) is 4.57 Å². The molecule has 0 aliphatic carbocycles. The number of hydrogen-bond donors (Lipinski definition) is 2. The molecule has 0 aliphatic heterocycles. The van der Waals surface area contributed by atoms with Crippen molar-refractivity contribution in [2.24, 2.45) is 10.2 Å². The van der Waals surface area contributed by atoms with Gasteiger partial charge in [0.15, 0.2) is 5.69 Å². The molecule has 1 aromatic carbocycles. The van der Waals surface area contributed by atoms with Crippen LogP contribution in [0.5, 0.6) is 5.88 Å². The summed E-state index contributed by atoms with van der Waals surface area (Å²) < 4.78 is 0.987. The van der Waals surface area contributed by atoms with E-state index < -0.39 is 11.4 Å². The van der Waals surface area contributed by atoms with Gasteiger partial charge in [-0.2, -0.15) is 10.4 Å². The van der Waals surface area contributed by atoms with Gasteiger partial charge in [0.25, 0.3) is 5.56 Å². The van der Waals surface area contributed by atoms with Gasteiger partial charge in [0.2, 0.25) is 5.88 Å². The Hall–Kier alpha value is -2.40. The SMILES string of the molecule is Cc1c(C#N)c(O)n(CCCO)c(=O)c1N=Nc1cc(Cl)cc(Cl)c1. The number of aromatic nitrogens is 1. The second-order valence-corrected chi connectivity index (χ2v) is 6.02. The Morgan fingerprint density at radius 1 is 1.24 bits per heavy atom. The lowest BCUT2D eigenvalue weighted by Gasteiger charge is -2.12. The van der Waals surface area contributed by atoms with Crippen LogP contribution in [0.2, 0.25) is 10.0 Å². The molecule has 0 saturated heterocycles. The van der Waals surface area contributed by atoms with Gasteiger partial charge in [-0.25, -0.2) is 0 Å². The first kappa shape index (κ1) is 18.9. The van der Waals surface area contributed by atoms with E-state index in [2.05, 4.69) is 10.2 Å². The van der Waals surface area contributed by atoms with E-state index in [9.17, 15) is 15.2 Å². The molecular weight excluding hydrogens is 367 g/mol. The Morgan fingerprint density at radius 2 is 1.88 bits per heavy atom. The number of halogens is 2. The summed E-state index contributed by atoms with van der Waals surface area (Å²) in [7, 11) is 0. The maximum Gasteiger partial charge on any atom is 0.281 e. The zero-order valence-electron chi connectivity index (χ0n) is 13.2. The highest BCUT2D eigenvalue weighted by atomic mass is 35.5. The van der Waals surface area contributed by atoms with Gasteiger partial charge in [-0.15, -0.1) is 5.11 Å². The van der Waals surface area contributed by atoms with Crippen molar-refractivity contribution in [3.05, 3.63) is 49.7 Å². The third-order valence-corrected chi connectivity index (χ3v) is 3.86. The van der Waals surface area contributed by atoms with E-state index in [-0.39, 0.29) is 36.4 Å². The fourth-order valence-electron chi connectivity index (χ4n) is 2.20. The van der Waals surface area contributed by atoms with Crippen molar-refractivity contribution in [3.8, 4) is 11.9 Å². The highest BCUT2D eigenvalue weighted by Crippen LogP contribution is 2.29. The molecule has 1 heterocycles. The highest BCUT2D eigenvalue weighted by molar-refractivity contribution is 6.35. The summed E-state index contributed by atoms with van der Waals surface area (Å²) in [4.78, 5) is 12.5. The molecule has 7 nitrogen and oxygen atoms in total. The molecule has 130 valence electrons. The monoisotopic (exact) mass is 380 g/mol. The third-order valence-electron chi connectivity index (χ3n) is 3.42. The zero-order valence-corrected chi connectivity index (χ0v) is 14.7. The minimum Gasteiger partial charge on any atom is -0.493 e. The molecule has 0 unspecified atom stereocenters. The lowest BCUT2D eigenvalue weighted by atomic mass is 10.1. The summed E-state index contributed by atoms with van der Waals surface area (Å²) in [5, 5.41) is 36.9. The van der Waals surface area contributed by atoms with E-state index in [4.69, 9.17) is 28.3 Å². The summed E-state index contributed by atoms with van der Waals surface area (Å²) in [5.41, 5.74) is -0.217. The number of hydrogen-bond acceptors (Lipinski definition) is 6. The van der Waals surface area contributed by atoms with Gasteiger partial charge in [-0.05, 0) is 31.5 Å². The summed E-state index contributed by atoms with van der Waals surface area (Å²) >= 11 is 11.8. The smallest absolute Gasteiger partial charge is 0.281 e. The number of aliphatic hydroxyl groups is 1. The van der Waals surface area contributed by atoms with E-state index in [1.807, 2.05) is 6.07 Å². The van der Waals surface area contributed by atoms with Crippen molar-refractivity contribution in [1.29, 1.82) is 5.26 Å². The van der Waals surface area contributed by atoms with Crippen LogP contribution < -0.4 is 5.56 Å². The second-order valence-electron chi connectivity index (χ2n) is 5.15. The number of nitriles is 1. The van der Waals surface area contributed by atoms with Crippen LogP contribution in [0.3, 0.4) is 0 Å². The first-order chi connectivity index (χ1) is 11.9. The lowest BCUT2D eigenvalue weighted by molar-refractivity contribution is 0.274. The minimum atomic E-state index is -0.612. The number of benzene rings is 1. The van der Waals surface area contributed by atoms with Crippen molar-refractivity contribution in [1.82, 2.24) is 4.57 Å². The van der Waals surface area contributed by atoms with Crippen molar-refractivity contribution < 1.29 is 10.2 Å². The van der Waals surface area contributed by atoms with Crippen LogP contribution in [0.25, 0.3) is 0 Å². The normalized spacial score (nSPS) is 11.0. The molecule has 2 aromatic rings. The van der Waals surface area contributed by atoms with Crippen LogP contribution in [-0.4, -0.2) is 21.4 Å². The van der Waals surface area contributed by atoms with Crippen LogP contribution in [0.15, 0.2) is 33.2 Å². The fraction of sp³-hybridized carbons (Fsp3) is 0.250. The van der Waals surface area contributed by atoms with Crippen LogP contribution >= 0.6 is 23.2 Å². The van der Waals surface area contributed by atoms with Crippen LogP contribution in [-0.2, 0) is 6.54 Å².